The van der Waals surface area contributed by atoms with Gasteiger partial charge in [-0.3, -0.25) is 9.67 Å². The Hall–Kier alpha value is -1.52. The zero-order valence-electron chi connectivity index (χ0n) is 16.7. The Balaban J connectivity index is 0.00000625. The molecule has 150 valence electrons. The van der Waals surface area contributed by atoms with Crippen LogP contribution in [0.1, 0.15) is 39.8 Å². The number of halogens is 1. The lowest BCUT2D eigenvalue weighted by molar-refractivity contribution is 0.0253. The molecule has 0 bridgehead atoms. The van der Waals surface area contributed by atoms with E-state index < -0.39 is 5.60 Å². The molecule has 0 atom stereocenters. The maximum absolute atomic E-state index is 12.2. The Morgan fingerprint density at radius 1 is 1.35 bits per heavy atom. The van der Waals surface area contributed by atoms with E-state index in [1.54, 1.807) is 18.1 Å². The van der Waals surface area contributed by atoms with Gasteiger partial charge in [-0.05, 0) is 33.3 Å². The van der Waals surface area contributed by atoms with E-state index in [2.05, 4.69) is 20.7 Å². The summed E-state index contributed by atoms with van der Waals surface area (Å²) in [6.45, 7) is 10.1. The summed E-state index contributed by atoms with van der Waals surface area (Å²) in [5, 5.41) is 10.6. The maximum atomic E-state index is 12.2. The van der Waals surface area contributed by atoms with Crippen LogP contribution in [0.4, 0.5) is 4.79 Å². The number of guanidine groups is 1. The predicted molar refractivity (Wildman–Crippen MR) is 115 cm³/mol. The Morgan fingerprint density at radius 2 is 2.04 bits per heavy atom. The maximum Gasteiger partial charge on any atom is 0.410 e. The number of aromatic nitrogens is 2. The number of carbonyl (C=O) groups is 1. The van der Waals surface area contributed by atoms with Gasteiger partial charge in [0.05, 0.1) is 12.2 Å². The summed E-state index contributed by atoms with van der Waals surface area (Å²) in [7, 11) is 3.62. The summed E-state index contributed by atoms with van der Waals surface area (Å²) in [4.78, 5) is 18.1. The summed E-state index contributed by atoms with van der Waals surface area (Å²) in [5.74, 6) is 0.682. The molecule has 0 aliphatic carbocycles. The number of nitrogens with one attached hydrogen (secondary N) is 2. The van der Waals surface area contributed by atoms with Gasteiger partial charge in [-0.1, -0.05) is 6.92 Å². The van der Waals surface area contributed by atoms with Gasteiger partial charge in [0, 0.05) is 39.9 Å². The van der Waals surface area contributed by atoms with Crippen LogP contribution in [0, 0.1) is 0 Å². The van der Waals surface area contributed by atoms with Crippen molar-refractivity contribution in [2.45, 2.75) is 46.3 Å². The number of ether oxygens (including phenoxy) is 1. The highest BCUT2D eigenvalue weighted by Gasteiger charge is 2.21. The molecule has 0 saturated heterocycles. The number of amides is 1. The van der Waals surface area contributed by atoms with Crippen molar-refractivity contribution in [1.82, 2.24) is 25.3 Å². The highest BCUT2D eigenvalue weighted by molar-refractivity contribution is 14.0. The van der Waals surface area contributed by atoms with Crippen LogP contribution in [-0.2, 0) is 18.3 Å². The largest absolute Gasteiger partial charge is 0.444 e. The summed E-state index contributed by atoms with van der Waals surface area (Å²) < 4.78 is 7.26. The summed E-state index contributed by atoms with van der Waals surface area (Å²) in [5.41, 5.74) is 0.571. The molecule has 26 heavy (non-hydrogen) atoms. The van der Waals surface area contributed by atoms with Gasteiger partial charge in [-0.15, -0.1) is 24.0 Å². The molecular formula is C17H33IN6O2. The van der Waals surface area contributed by atoms with Gasteiger partial charge in [-0.2, -0.15) is 5.10 Å². The van der Waals surface area contributed by atoms with Gasteiger partial charge in [-0.25, -0.2) is 4.79 Å². The molecule has 8 nitrogen and oxygen atoms in total. The third-order valence-corrected chi connectivity index (χ3v) is 3.40. The Kier molecular flexibility index (Phi) is 11.3. The minimum atomic E-state index is -0.489. The highest BCUT2D eigenvalue weighted by Crippen LogP contribution is 2.10. The van der Waals surface area contributed by atoms with Crippen LogP contribution in [-0.4, -0.2) is 59.0 Å². The van der Waals surface area contributed by atoms with Crippen LogP contribution in [0.5, 0.6) is 0 Å². The fourth-order valence-electron chi connectivity index (χ4n) is 2.17. The van der Waals surface area contributed by atoms with E-state index in [0.717, 1.165) is 12.1 Å². The normalized spacial score (nSPS) is 11.5. The Labute approximate surface area is 173 Å². The number of aliphatic imine (C=N–C) groups is 1. The van der Waals surface area contributed by atoms with E-state index in [4.69, 9.17) is 4.74 Å². The van der Waals surface area contributed by atoms with Gasteiger partial charge < -0.3 is 20.3 Å². The van der Waals surface area contributed by atoms with Crippen LogP contribution < -0.4 is 10.6 Å². The zero-order valence-corrected chi connectivity index (χ0v) is 19.0. The number of aryl methyl sites for hydroxylation is 1. The van der Waals surface area contributed by atoms with E-state index in [0.29, 0.717) is 32.1 Å². The molecule has 2 N–H and O–H groups in total. The van der Waals surface area contributed by atoms with Crippen LogP contribution in [0.3, 0.4) is 0 Å². The van der Waals surface area contributed by atoms with Crippen molar-refractivity contribution in [2.75, 3.05) is 26.7 Å². The average molecular weight is 480 g/mol. The number of carbonyl (C=O) groups excluding carboxylic acids is 1. The first-order chi connectivity index (χ1) is 11.8. The second-order valence-corrected chi connectivity index (χ2v) is 6.77. The topological polar surface area (TPSA) is 83.8 Å². The first kappa shape index (κ1) is 24.5. The van der Waals surface area contributed by atoms with Crippen LogP contribution in [0.25, 0.3) is 0 Å². The molecule has 0 aliphatic rings. The first-order valence-electron chi connectivity index (χ1n) is 8.66. The fraction of sp³-hybridized carbons (Fsp3) is 0.706. The van der Waals surface area contributed by atoms with Crippen LogP contribution in [0.2, 0.25) is 0 Å². The summed E-state index contributed by atoms with van der Waals surface area (Å²) >= 11 is 0. The van der Waals surface area contributed by atoms with Crippen LogP contribution >= 0.6 is 24.0 Å². The minimum absolute atomic E-state index is 0. The third kappa shape index (κ3) is 9.25. The molecule has 0 unspecified atom stereocenters. The molecule has 0 fully saturated rings. The first-order valence-corrected chi connectivity index (χ1v) is 8.66. The van der Waals surface area contributed by atoms with Gasteiger partial charge in [0.25, 0.3) is 0 Å². The fourth-order valence-corrected chi connectivity index (χ4v) is 2.17. The molecule has 9 heteroatoms. The summed E-state index contributed by atoms with van der Waals surface area (Å²) in [6.07, 6.45) is 2.36. The number of hydrogen-bond donors (Lipinski definition) is 2. The smallest absolute Gasteiger partial charge is 0.410 e. The minimum Gasteiger partial charge on any atom is -0.444 e. The number of hydrogen-bond acceptors (Lipinski definition) is 4. The van der Waals surface area contributed by atoms with E-state index in [9.17, 15) is 4.79 Å². The molecule has 1 aromatic rings. The monoisotopic (exact) mass is 480 g/mol. The van der Waals surface area contributed by atoms with Gasteiger partial charge in [0.1, 0.15) is 5.60 Å². The molecule has 1 rings (SSSR count). The summed E-state index contributed by atoms with van der Waals surface area (Å²) in [6, 6.07) is 1.95. The molecule has 1 aromatic heterocycles. The lowest BCUT2D eigenvalue weighted by Crippen LogP contribution is -2.44. The van der Waals surface area contributed by atoms with E-state index in [1.165, 1.54) is 0 Å². The lowest BCUT2D eigenvalue weighted by atomic mass is 10.2. The molecule has 0 aromatic carbocycles. The molecule has 0 aliphatic heterocycles. The van der Waals surface area contributed by atoms with Gasteiger partial charge in [0.2, 0.25) is 0 Å². The predicted octanol–water partition coefficient (Wildman–Crippen LogP) is 2.35. The lowest BCUT2D eigenvalue weighted by Gasteiger charge is -2.27. The van der Waals surface area contributed by atoms with E-state index >= 15 is 0 Å². The Bertz CT molecular complexity index is 568. The van der Waals surface area contributed by atoms with Crippen molar-refractivity contribution in [3.63, 3.8) is 0 Å². The number of rotatable bonds is 7. The number of nitrogens with zero attached hydrogens (tertiary/aromatic N) is 4. The average Bonchev–Trinajstić information content (AvgIpc) is 2.93. The second kappa shape index (κ2) is 12.0. The van der Waals surface area contributed by atoms with Crippen molar-refractivity contribution in [3.05, 3.63) is 18.0 Å². The van der Waals surface area contributed by atoms with Crippen LogP contribution in [0.15, 0.2) is 17.3 Å². The molecular weight excluding hydrogens is 447 g/mol. The van der Waals surface area contributed by atoms with Gasteiger partial charge >= 0.3 is 6.09 Å². The van der Waals surface area contributed by atoms with E-state index in [1.807, 2.05) is 45.5 Å². The van der Waals surface area contributed by atoms with Gasteiger partial charge in [0.15, 0.2) is 5.96 Å². The standard InChI is InChI=1S/C17H32N6O2.HI/c1-7-11-23(16(24)25-17(2,3)4)12-10-19-15(18-5)20-13-14-8-9-21-22(14)6;/h8-9H,7,10-13H2,1-6H3,(H2,18,19,20);1H. The van der Waals surface area contributed by atoms with Crippen molar-refractivity contribution in [3.8, 4) is 0 Å². The zero-order chi connectivity index (χ0) is 18.9. The van der Waals surface area contributed by atoms with E-state index in [-0.39, 0.29) is 30.1 Å². The van der Waals surface area contributed by atoms with Crippen molar-refractivity contribution in [1.29, 1.82) is 0 Å². The van der Waals surface area contributed by atoms with Crippen molar-refractivity contribution in [2.24, 2.45) is 12.0 Å². The Morgan fingerprint density at radius 3 is 2.54 bits per heavy atom. The van der Waals surface area contributed by atoms with Crippen molar-refractivity contribution < 1.29 is 9.53 Å². The molecule has 1 heterocycles. The third-order valence-electron chi connectivity index (χ3n) is 3.40. The molecule has 0 saturated carbocycles. The second-order valence-electron chi connectivity index (χ2n) is 6.77. The SMILES string of the molecule is CCCN(CCNC(=NC)NCc1ccnn1C)C(=O)OC(C)(C)C.I. The van der Waals surface area contributed by atoms with Crippen molar-refractivity contribution >= 4 is 36.0 Å². The molecule has 0 spiro atoms. The highest BCUT2D eigenvalue weighted by atomic mass is 127. The molecule has 1 amide bonds. The quantitative estimate of drug-likeness (QED) is 0.356. The molecule has 0 radical (unpaired) electrons.